The standard InChI is InChI=1S/C20H21N7O/c1-15-5-2-3-6-16(15)25-18-14-23-17(13-24-18)19(28)26-9-11-27(12-10-26)20-21-7-4-8-22-20/h2-8,13-14H,9-12H2,1H3,(H,24,25). The number of carbonyl (C=O) groups excluding carboxylic acids is 1. The monoisotopic (exact) mass is 375 g/mol. The van der Waals surface area contributed by atoms with Crippen molar-refractivity contribution in [3.63, 3.8) is 0 Å². The first-order valence-electron chi connectivity index (χ1n) is 9.16. The topological polar surface area (TPSA) is 87.1 Å². The predicted octanol–water partition coefficient (Wildman–Crippen LogP) is 2.28. The molecule has 2 aromatic heterocycles. The number of aryl methyl sites for hydroxylation is 1. The lowest BCUT2D eigenvalue weighted by Crippen LogP contribution is -2.49. The summed E-state index contributed by atoms with van der Waals surface area (Å²) in [7, 11) is 0. The fraction of sp³-hybridized carbons (Fsp3) is 0.250. The van der Waals surface area contributed by atoms with Crippen molar-refractivity contribution < 1.29 is 4.79 Å². The molecule has 1 aliphatic heterocycles. The van der Waals surface area contributed by atoms with E-state index in [2.05, 4.69) is 30.2 Å². The fourth-order valence-electron chi connectivity index (χ4n) is 3.08. The molecule has 4 rings (SSSR count). The van der Waals surface area contributed by atoms with E-state index in [9.17, 15) is 4.79 Å². The normalized spacial score (nSPS) is 14.0. The van der Waals surface area contributed by atoms with Crippen LogP contribution in [0, 0.1) is 6.92 Å². The molecule has 28 heavy (non-hydrogen) atoms. The molecule has 1 fully saturated rings. The molecule has 0 bridgehead atoms. The SMILES string of the molecule is Cc1ccccc1Nc1cnc(C(=O)N2CCN(c3ncccn3)CC2)cn1. The molecule has 1 aliphatic rings. The minimum atomic E-state index is -0.108. The molecule has 8 heteroatoms. The minimum absolute atomic E-state index is 0.108. The Labute approximate surface area is 163 Å². The van der Waals surface area contributed by atoms with Crippen LogP contribution in [0.5, 0.6) is 0 Å². The van der Waals surface area contributed by atoms with Crippen molar-refractivity contribution in [2.24, 2.45) is 0 Å². The summed E-state index contributed by atoms with van der Waals surface area (Å²) in [6.07, 6.45) is 6.56. The van der Waals surface area contributed by atoms with Crippen LogP contribution in [-0.4, -0.2) is 56.9 Å². The maximum atomic E-state index is 12.7. The van der Waals surface area contributed by atoms with E-state index in [0.29, 0.717) is 43.6 Å². The minimum Gasteiger partial charge on any atom is -0.339 e. The highest BCUT2D eigenvalue weighted by Crippen LogP contribution is 2.18. The van der Waals surface area contributed by atoms with Crippen molar-refractivity contribution in [1.82, 2.24) is 24.8 Å². The molecule has 0 radical (unpaired) electrons. The van der Waals surface area contributed by atoms with Gasteiger partial charge in [0, 0.05) is 44.3 Å². The van der Waals surface area contributed by atoms with Gasteiger partial charge in [0.1, 0.15) is 11.5 Å². The van der Waals surface area contributed by atoms with Crippen LogP contribution in [0.25, 0.3) is 0 Å². The Morgan fingerprint density at radius 2 is 1.68 bits per heavy atom. The van der Waals surface area contributed by atoms with Gasteiger partial charge in [0.05, 0.1) is 12.4 Å². The Morgan fingerprint density at radius 3 is 2.36 bits per heavy atom. The number of nitrogens with one attached hydrogen (secondary N) is 1. The van der Waals surface area contributed by atoms with Crippen LogP contribution in [0.15, 0.2) is 55.1 Å². The summed E-state index contributed by atoms with van der Waals surface area (Å²) in [5.74, 6) is 1.20. The van der Waals surface area contributed by atoms with Gasteiger partial charge in [0.2, 0.25) is 5.95 Å². The summed E-state index contributed by atoms with van der Waals surface area (Å²) in [5.41, 5.74) is 2.43. The number of hydrogen-bond donors (Lipinski definition) is 1. The first-order valence-corrected chi connectivity index (χ1v) is 9.16. The molecule has 3 heterocycles. The van der Waals surface area contributed by atoms with E-state index in [1.165, 1.54) is 6.20 Å². The van der Waals surface area contributed by atoms with Gasteiger partial charge in [-0.25, -0.2) is 19.9 Å². The highest BCUT2D eigenvalue weighted by atomic mass is 16.2. The van der Waals surface area contributed by atoms with Gasteiger partial charge < -0.3 is 15.1 Å². The van der Waals surface area contributed by atoms with Crippen LogP contribution < -0.4 is 10.2 Å². The Bertz CT molecular complexity index is 938. The van der Waals surface area contributed by atoms with Gasteiger partial charge in [-0.05, 0) is 24.6 Å². The second-order valence-electron chi connectivity index (χ2n) is 6.55. The van der Waals surface area contributed by atoms with Crippen LogP contribution in [-0.2, 0) is 0 Å². The molecule has 1 amide bonds. The summed E-state index contributed by atoms with van der Waals surface area (Å²) in [6, 6.07) is 9.73. The number of piperazine rings is 1. The molecule has 1 aromatic carbocycles. The molecule has 0 atom stereocenters. The van der Waals surface area contributed by atoms with E-state index in [-0.39, 0.29) is 5.91 Å². The number of carbonyl (C=O) groups is 1. The fourth-order valence-corrected chi connectivity index (χ4v) is 3.08. The van der Waals surface area contributed by atoms with E-state index in [1.54, 1.807) is 29.6 Å². The number of aromatic nitrogens is 4. The van der Waals surface area contributed by atoms with Crippen molar-refractivity contribution in [3.8, 4) is 0 Å². The Balaban J connectivity index is 1.37. The molecular formula is C20H21N7O. The number of rotatable bonds is 4. The van der Waals surface area contributed by atoms with Crippen LogP contribution in [0.3, 0.4) is 0 Å². The molecule has 0 saturated carbocycles. The van der Waals surface area contributed by atoms with Crippen molar-refractivity contribution in [1.29, 1.82) is 0 Å². The second kappa shape index (κ2) is 7.99. The summed E-state index contributed by atoms with van der Waals surface area (Å²) >= 11 is 0. The van der Waals surface area contributed by atoms with Crippen molar-refractivity contribution in [2.45, 2.75) is 6.92 Å². The average Bonchev–Trinajstić information content (AvgIpc) is 2.76. The third-order valence-corrected chi connectivity index (χ3v) is 4.68. The van der Waals surface area contributed by atoms with Crippen molar-refractivity contribution in [2.75, 3.05) is 36.4 Å². The van der Waals surface area contributed by atoms with Gasteiger partial charge in [-0.2, -0.15) is 0 Å². The van der Waals surface area contributed by atoms with Crippen LogP contribution in [0.4, 0.5) is 17.5 Å². The van der Waals surface area contributed by atoms with E-state index < -0.39 is 0 Å². The number of benzene rings is 1. The molecule has 0 aliphatic carbocycles. The lowest BCUT2D eigenvalue weighted by Gasteiger charge is -2.34. The second-order valence-corrected chi connectivity index (χ2v) is 6.55. The van der Waals surface area contributed by atoms with Gasteiger partial charge in [-0.3, -0.25) is 4.79 Å². The van der Waals surface area contributed by atoms with Crippen molar-refractivity contribution in [3.05, 3.63) is 66.4 Å². The number of hydrogen-bond acceptors (Lipinski definition) is 7. The van der Waals surface area contributed by atoms with Crippen LogP contribution >= 0.6 is 0 Å². The molecular weight excluding hydrogens is 354 g/mol. The van der Waals surface area contributed by atoms with Gasteiger partial charge in [-0.15, -0.1) is 0 Å². The van der Waals surface area contributed by atoms with Gasteiger partial charge in [-0.1, -0.05) is 18.2 Å². The lowest BCUT2D eigenvalue weighted by molar-refractivity contribution is 0.0740. The lowest BCUT2D eigenvalue weighted by atomic mass is 10.2. The summed E-state index contributed by atoms with van der Waals surface area (Å²) in [6.45, 7) is 4.60. The summed E-state index contributed by atoms with van der Waals surface area (Å²) < 4.78 is 0. The summed E-state index contributed by atoms with van der Waals surface area (Å²) in [5, 5.41) is 3.22. The number of amides is 1. The molecule has 1 N–H and O–H groups in total. The quantitative estimate of drug-likeness (QED) is 0.748. The number of anilines is 3. The largest absolute Gasteiger partial charge is 0.339 e. The number of para-hydroxylation sites is 1. The van der Waals surface area contributed by atoms with Gasteiger partial charge >= 0.3 is 0 Å². The molecule has 0 unspecified atom stereocenters. The zero-order valence-corrected chi connectivity index (χ0v) is 15.6. The third-order valence-electron chi connectivity index (χ3n) is 4.68. The number of nitrogens with zero attached hydrogens (tertiary/aromatic N) is 6. The maximum absolute atomic E-state index is 12.7. The molecule has 142 valence electrons. The van der Waals surface area contributed by atoms with E-state index >= 15 is 0 Å². The molecule has 3 aromatic rings. The first-order chi connectivity index (χ1) is 13.7. The van der Waals surface area contributed by atoms with Gasteiger partial charge in [0.25, 0.3) is 5.91 Å². The zero-order valence-electron chi connectivity index (χ0n) is 15.6. The van der Waals surface area contributed by atoms with Crippen molar-refractivity contribution >= 4 is 23.4 Å². The van der Waals surface area contributed by atoms with Crippen LogP contribution in [0.1, 0.15) is 16.1 Å². The first kappa shape index (κ1) is 17.8. The van der Waals surface area contributed by atoms with Crippen LogP contribution in [0.2, 0.25) is 0 Å². The predicted molar refractivity (Wildman–Crippen MR) is 107 cm³/mol. The maximum Gasteiger partial charge on any atom is 0.274 e. The molecule has 8 nitrogen and oxygen atoms in total. The Morgan fingerprint density at radius 1 is 0.929 bits per heavy atom. The van der Waals surface area contributed by atoms with Gasteiger partial charge in [0.15, 0.2) is 0 Å². The third kappa shape index (κ3) is 3.90. The highest BCUT2D eigenvalue weighted by Gasteiger charge is 2.24. The Kier molecular flexibility index (Phi) is 5.09. The zero-order chi connectivity index (χ0) is 19.3. The molecule has 1 saturated heterocycles. The van der Waals surface area contributed by atoms with E-state index in [1.807, 2.05) is 31.2 Å². The van der Waals surface area contributed by atoms with E-state index in [4.69, 9.17) is 0 Å². The summed E-state index contributed by atoms with van der Waals surface area (Å²) in [4.78, 5) is 33.8. The Hall–Kier alpha value is -3.55. The van der Waals surface area contributed by atoms with E-state index in [0.717, 1.165) is 11.3 Å². The highest BCUT2D eigenvalue weighted by molar-refractivity contribution is 5.92. The smallest absolute Gasteiger partial charge is 0.274 e. The average molecular weight is 375 g/mol. The molecule has 0 spiro atoms.